The second kappa shape index (κ2) is 5.52. The van der Waals surface area contributed by atoms with Gasteiger partial charge in [0.15, 0.2) is 0 Å². The van der Waals surface area contributed by atoms with Crippen LogP contribution in [0.4, 0.5) is 0 Å². The molecule has 1 heterocycles. The summed E-state index contributed by atoms with van der Waals surface area (Å²) in [5, 5.41) is 0.995. The van der Waals surface area contributed by atoms with E-state index in [0.717, 1.165) is 0 Å². The summed E-state index contributed by atoms with van der Waals surface area (Å²) >= 11 is 16.6. The molecule has 2 aromatic rings. The van der Waals surface area contributed by atoms with Crippen molar-refractivity contribution < 1.29 is 4.74 Å². The van der Waals surface area contributed by atoms with Gasteiger partial charge in [-0.05, 0) is 24.3 Å². The molecule has 6 heteroatoms. The third-order valence-electron chi connectivity index (χ3n) is 2.08. The van der Waals surface area contributed by atoms with Gasteiger partial charge in [-0.25, -0.2) is 4.98 Å². The normalized spacial score (nSPS) is 10.1. The van der Waals surface area contributed by atoms with Crippen LogP contribution in [0.15, 0.2) is 36.5 Å². The van der Waals surface area contributed by atoms with Gasteiger partial charge in [-0.2, -0.15) is 0 Å². The second-order valence-electron chi connectivity index (χ2n) is 3.46. The number of ether oxygens (including phenoxy) is 1. The summed E-state index contributed by atoms with van der Waals surface area (Å²) in [6, 6.07) is 8.33. The highest BCUT2D eigenvalue weighted by Crippen LogP contribution is 2.27. The van der Waals surface area contributed by atoms with Crippen LogP contribution in [0.5, 0.6) is 11.6 Å². The molecule has 0 aliphatic rings. The number of nitrogens with two attached hydrogens (primary N) is 1. The Kier molecular flexibility index (Phi) is 4.01. The first-order valence-electron chi connectivity index (χ1n) is 4.94. The number of pyridine rings is 1. The number of rotatable bonds is 3. The summed E-state index contributed by atoms with van der Waals surface area (Å²) in [5.41, 5.74) is 6.15. The number of halogens is 2. The molecule has 0 aliphatic heterocycles. The predicted octanol–water partition coefficient (Wildman–Crippen LogP) is 3.81. The Morgan fingerprint density at radius 3 is 2.33 bits per heavy atom. The van der Waals surface area contributed by atoms with Crippen LogP contribution in [0.1, 0.15) is 5.56 Å². The topological polar surface area (TPSA) is 48.1 Å². The highest BCUT2D eigenvalue weighted by atomic mass is 35.5. The van der Waals surface area contributed by atoms with Gasteiger partial charge in [0.25, 0.3) is 0 Å². The van der Waals surface area contributed by atoms with Crippen LogP contribution in [-0.2, 0) is 0 Å². The van der Waals surface area contributed by atoms with E-state index in [1.54, 1.807) is 36.5 Å². The van der Waals surface area contributed by atoms with Crippen molar-refractivity contribution in [2.75, 3.05) is 0 Å². The lowest BCUT2D eigenvalue weighted by molar-refractivity contribution is 0.463. The number of benzene rings is 1. The van der Waals surface area contributed by atoms with Crippen molar-refractivity contribution in [1.82, 2.24) is 4.98 Å². The van der Waals surface area contributed by atoms with E-state index < -0.39 is 0 Å². The van der Waals surface area contributed by atoms with E-state index in [2.05, 4.69) is 4.98 Å². The molecule has 0 atom stereocenters. The number of thiocarbonyl (C=S) groups is 1. The number of nitrogens with zero attached hydrogens (tertiary/aromatic N) is 1. The van der Waals surface area contributed by atoms with Crippen molar-refractivity contribution in [2.45, 2.75) is 0 Å². The van der Waals surface area contributed by atoms with Crippen molar-refractivity contribution in [3.8, 4) is 11.6 Å². The van der Waals surface area contributed by atoms with Gasteiger partial charge in [-0.3, -0.25) is 0 Å². The molecule has 3 nitrogen and oxygen atoms in total. The minimum atomic E-state index is 0.292. The van der Waals surface area contributed by atoms with Gasteiger partial charge in [-0.1, -0.05) is 35.4 Å². The molecule has 1 aromatic heterocycles. The van der Waals surface area contributed by atoms with Crippen LogP contribution in [0.3, 0.4) is 0 Å². The van der Waals surface area contributed by atoms with E-state index in [-0.39, 0.29) is 0 Å². The summed E-state index contributed by atoms with van der Waals surface area (Å²) < 4.78 is 5.51. The molecule has 1 aromatic carbocycles. The molecule has 92 valence electrons. The molecule has 0 fully saturated rings. The Labute approximate surface area is 119 Å². The van der Waals surface area contributed by atoms with Gasteiger partial charge in [0, 0.05) is 27.9 Å². The summed E-state index contributed by atoms with van der Waals surface area (Å²) in [5.74, 6) is 0.927. The summed E-state index contributed by atoms with van der Waals surface area (Å²) in [4.78, 5) is 4.37. The largest absolute Gasteiger partial charge is 0.439 e. The minimum Gasteiger partial charge on any atom is -0.439 e. The monoisotopic (exact) mass is 298 g/mol. The van der Waals surface area contributed by atoms with Gasteiger partial charge in [0.05, 0.1) is 0 Å². The first-order valence-corrected chi connectivity index (χ1v) is 6.11. The summed E-state index contributed by atoms with van der Waals surface area (Å²) in [6.45, 7) is 0. The minimum absolute atomic E-state index is 0.292. The fraction of sp³-hybridized carbons (Fsp3) is 0. The van der Waals surface area contributed by atoms with Crippen LogP contribution >= 0.6 is 35.4 Å². The molecular formula is C12H8Cl2N2OS. The van der Waals surface area contributed by atoms with E-state index in [9.17, 15) is 0 Å². The SMILES string of the molecule is NC(=S)c1ccc(Oc2cc(Cl)cc(Cl)c2)nc1. The van der Waals surface area contributed by atoms with Crippen molar-refractivity contribution in [2.24, 2.45) is 5.73 Å². The molecule has 0 bridgehead atoms. The Morgan fingerprint density at radius 2 is 1.83 bits per heavy atom. The van der Waals surface area contributed by atoms with Crippen molar-refractivity contribution in [1.29, 1.82) is 0 Å². The van der Waals surface area contributed by atoms with E-state index in [1.165, 1.54) is 0 Å². The molecular weight excluding hydrogens is 291 g/mol. The maximum Gasteiger partial charge on any atom is 0.219 e. The first kappa shape index (κ1) is 13.1. The molecule has 0 amide bonds. The van der Waals surface area contributed by atoms with Gasteiger partial charge in [0.1, 0.15) is 10.7 Å². The maximum absolute atomic E-state index is 5.86. The molecule has 0 aliphatic carbocycles. The standard InChI is InChI=1S/C12H8Cl2N2OS/c13-8-3-9(14)5-10(4-8)17-11-2-1-7(6-16-11)12(15)18/h1-6H,(H2,15,18). The smallest absolute Gasteiger partial charge is 0.219 e. The lowest BCUT2D eigenvalue weighted by Crippen LogP contribution is -2.09. The van der Waals surface area contributed by atoms with Crippen LogP contribution in [-0.4, -0.2) is 9.97 Å². The Balaban J connectivity index is 2.20. The van der Waals surface area contributed by atoms with Crippen LogP contribution < -0.4 is 10.5 Å². The van der Waals surface area contributed by atoms with E-state index in [0.29, 0.717) is 32.2 Å². The zero-order valence-corrected chi connectivity index (χ0v) is 11.4. The lowest BCUT2D eigenvalue weighted by atomic mass is 10.3. The number of hydrogen-bond donors (Lipinski definition) is 1. The molecule has 18 heavy (non-hydrogen) atoms. The Hall–Kier alpha value is -1.36. The average molecular weight is 299 g/mol. The molecule has 0 spiro atoms. The van der Waals surface area contributed by atoms with Gasteiger partial charge in [0.2, 0.25) is 5.88 Å². The predicted molar refractivity (Wildman–Crippen MR) is 76.7 cm³/mol. The van der Waals surface area contributed by atoms with Gasteiger partial charge < -0.3 is 10.5 Å². The van der Waals surface area contributed by atoms with Crippen molar-refractivity contribution in [3.63, 3.8) is 0 Å². The zero-order valence-electron chi connectivity index (χ0n) is 9.06. The third-order valence-corrected chi connectivity index (χ3v) is 2.75. The van der Waals surface area contributed by atoms with Crippen LogP contribution in [0.2, 0.25) is 10.0 Å². The summed E-state index contributed by atoms with van der Waals surface area (Å²) in [7, 11) is 0. The molecule has 0 unspecified atom stereocenters. The highest BCUT2D eigenvalue weighted by molar-refractivity contribution is 7.80. The Bertz CT molecular complexity index is 567. The van der Waals surface area contributed by atoms with E-state index in [4.69, 9.17) is 45.9 Å². The maximum atomic E-state index is 5.86. The van der Waals surface area contributed by atoms with Crippen LogP contribution in [0.25, 0.3) is 0 Å². The molecule has 0 saturated heterocycles. The van der Waals surface area contributed by atoms with Crippen molar-refractivity contribution in [3.05, 3.63) is 52.1 Å². The first-order chi connectivity index (χ1) is 8.54. The van der Waals surface area contributed by atoms with E-state index >= 15 is 0 Å². The van der Waals surface area contributed by atoms with E-state index in [1.807, 2.05) is 0 Å². The molecule has 0 saturated carbocycles. The second-order valence-corrected chi connectivity index (χ2v) is 4.77. The van der Waals surface area contributed by atoms with Gasteiger partial charge >= 0.3 is 0 Å². The van der Waals surface area contributed by atoms with Gasteiger partial charge in [-0.15, -0.1) is 0 Å². The van der Waals surface area contributed by atoms with Crippen molar-refractivity contribution >= 4 is 40.4 Å². The average Bonchev–Trinajstić information content (AvgIpc) is 2.28. The third kappa shape index (κ3) is 3.32. The summed E-state index contributed by atoms with van der Waals surface area (Å²) in [6.07, 6.45) is 1.55. The molecule has 2 rings (SSSR count). The fourth-order valence-corrected chi connectivity index (χ4v) is 1.92. The van der Waals surface area contributed by atoms with Crippen LogP contribution in [0, 0.1) is 0 Å². The number of hydrogen-bond acceptors (Lipinski definition) is 3. The molecule has 2 N–H and O–H groups in total. The quantitative estimate of drug-likeness (QED) is 0.875. The molecule has 0 radical (unpaired) electrons. The lowest BCUT2D eigenvalue weighted by Gasteiger charge is -2.06. The number of aromatic nitrogens is 1. The zero-order chi connectivity index (χ0) is 13.1. The Morgan fingerprint density at radius 1 is 1.17 bits per heavy atom. The fourth-order valence-electron chi connectivity index (χ4n) is 1.29. The highest BCUT2D eigenvalue weighted by Gasteiger charge is 2.03.